The zero-order valence-electron chi connectivity index (χ0n) is 19.3. The minimum absolute atomic E-state index is 0.0153. The van der Waals surface area contributed by atoms with E-state index in [0.29, 0.717) is 31.8 Å². The second-order valence-electron chi connectivity index (χ2n) is 8.62. The SMILES string of the molecule is CC[C@H](C(=O)NCC(C)C)N(Cc1ccccc1C)C(=O)Cc1cc(C)ccc1C. The first-order chi connectivity index (χ1) is 14.2. The van der Waals surface area contributed by atoms with Crippen LogP contribution >= 0.6 is 0 Å². The molecule has 0 heterocycles. The molecule has 2 amide bonds. The molecule has 0 radical (unpaired) electrons. The number of nitrogens with one attached hydrogen (secondary N) is 1. The van der Waals surface area contributed by atoms with Crippen molar-refractivity contribution in [2.45, 2.75) is 67.0 Å². The summed E-state index contributed by atoms with van der Waals surface area (Å²) in [5.41, 5.74) is 5.45. The first kappa shape index (κ1) is 23.7. The summed E-state index contributed by atoms with van der Waals surface area (Å²) in [6.07, 6.45) is 0.877. The van der Waals surface area contributed by atoms with Gasteiger partial charge in [-0.1, -0.05) is 68.8 Å². The normalized spacial score (nSPS) is 12.0. The van der Waals surface area contributed by atoms with Gasteiger partial charge in [-0.3, -0.25) is 9.59 Å². The van der Waals surface area contributed by atoms with Crippen LogP contribution in [0, 0.1) is 26.7 Å². The molecule has 1 atom stereocenters. The summed E-state index contributed by atoms with van der Waals surface area (Å²) in [6.45, 7) is 13.3. The van der Waals surface area contributed by atoms with E-state index in [1.165, 1.54) is 0 Å². The van der Waals surface area contributed by atoms with Gasteiger partial charge in [-0.25, -0.2) is 0 Å². The van der Waals surface area contributed by atoms with E-state index in [4.69, 9.17) is 0 Å². The van der Waals surface area contributed by atoms with Gasteiger partial charge < -0.3 is 10.2 Å². The fraction of sp³-hybridized carbons (Fsp3) is 0.462. The van der Waals surface area contributed by atoms with E-state index in [1.54, 1.807) is 4.90 Å². The standard InChI is InChI=1S/C26H36N2O2/c1-7-24(26(30)27-16-18(2)3)28(17-22-11-9-8-10-20(22)5)25(29)15-23-14-19(4)12-13-21(23)6/h8-14,18,24H,7,15-17H2,1-6H3,(H,27,30)/t24-/m1/s1. The van der Waals surface area contributed by atoms with Crippen molar-refractivity contribution < 1.29 is 9.59 Å². The molecular weight excluding hydrogens is 372 g/mol. The van der Waals surface area contributed by atoms with E-state index in [-0.39, 0.29) is 11.8 Å². The van der Waals surface area contributed by atoms with Crippen LogP contribution in [-0.2, 0) is 22.6 Å². The summed E-state index contributed by atoms with van der Waals surface area (Å²) in [6, 6.07) is 13.7. The first-order valence-corrected chi connectivity index (χ1v) is 10.9. The highest BCUT2D eigenvalue weighted by Crippen LogP contribution is 2.19. The number of carbonyl (C=O) groups excluding carboxylic acids is 2. The molecule has 162 valence electrons. The molecule has 0 aromatic heterocycles. The Kier molecular flexibility index (Phi) is 8.64. The molecule has 30 heavy (non-hydrogen) atoms. The zero-order valence-corrected chi connectivity index (χ0v) is 19.3. The second-order valence-corrected chi connectivity index (χ2v) is 8.62. The second kappa shape index (κ2) is 11.0. The summed E-state index contributed by atoms with van der Waals surface area (Å²) in [5.74, 6) is 0.273. The summed E-state index contributed by atoms with van der Waals surface area (Å²) in [7, 11) is 0. The van der Waals surface area contributed by atoms with Gasteiger partial charge in [0.15, 0.2) is 0 Å². The van der Waals surface area contributed by atoms with Crippen molar-refractivity contribution in [1.82, 2.24) is 10.2 Å². The molecule has 0 aliphatic heterocycles. The van der Waals surface area contributed by atoms with Gasteiger partial charge in [-0.2, -0.15) is 0 Å². The maximum Gasteiger partial charge on any atom is 0.242 e. The van der Waals surface area contributed by atoms with Crippen LogP contribution in [0.15, 0.2) is 42.5 Å². The van der Waals surface area contributed by atoms with E-state index in [9.17, 15) is 9.59 Å². The lowest BCUT2D eigenvalue weighted by atomic mass is 10.0. The molecule has 0 unspecified atom stereocenters. The zero-order chi connectivity index (χ0) is 22.3. The fourth-order valence-electron chi connectivity index (χ4n) is 3.57. The maximum atomic E-state index is 13.5. The Balaban J connectivity index is 2.33. The third-order valence-electron chi connectivity index (χ3n) is 5.52. The van der Waals surface area contributed by atoms with E-state index in [2.05, 4.69) is 37.4 Å². The van der Waals surface area contributed by atoms with Crippen molar-refractivity contribution in [3.05, 3.63) is 70.3 Å². The van der Waals surface area contributed by atoms with Crippen LogP contribution in [0.5, 0.6) is 0 Å². The smallest absolute Gasteiger partial charge is 0.242 e. The molecule has 4 heteroatoms. The summed E-state index contributed by atoms with van der Waals surface area (Å²) in [5, 5.41) is 3.02. The Morgan fingerprint density at radius 3 is 2.27 bits per heavy atom. The summed E-state index contributed by atoms with van der Waals surface area (Å²) >= 11 is 0. The van der Waals surface area contributed by atoms with Gasteiger partial charge in [0.05, 0.1) is 6.42 Å². The molecule has 4 nitrogen and oxygen atoms in total. The molecule has 2 aromatic carbocycles. The highest BCUT2D eigenvalue weighted by Gasteiger charge is 2.29. The van der Waals surface area contributed by atoms with Gasteiger partial charge in [-0.15, -0.1) is 0 Å². The van der Waals surface area contributed by atoms with Crippen molar-refractivity contribution in [2.24, 2.45) is 5.92 Å². The highest BCUT2D eigenvalue weighted by atomic mass is 16.2. The van der Waals surface area contributed by atoms with E-state index in [0.717, 1.165) is 27.8 Å². The molecule has 0 bridgehead atoms. The molecule has 0 spiro atoms. The molecular formula is C26H36N2O2. The average Bonchev–Trinajstić information content (AvgIpc) is 2.70. The lowest BCUT2D eigenvalue weighted by molar-refractivity contribution is -0.141. The van der Waals surface area contributed by atoms with E-state index < -0.39 is 6.04 Å². The number of benzene rings is 2. The number of hydrogen-bond acceptors (Lipinski definition) is 2. The van der Waals surface area contributed by atoms with E-state index >= 15 is 0 Å². The minimum atomic E-state index is -0.485. The third kappa shape index (κ3) is 6.45. The lowest BCUT2D eigenvalue weighted by Gasteiger charge is -2.31. The number of amides is 2. The topological polar surface area (TPSA) is 49.4 Å². The molecule has 0 aliphatic rings. The van der Waals surface area contributed by atoms with Crippen LogP contribution in [0.3, 0.4) is 0 Å². The Hall–Kier alpha value is -2.62. The van der Waals surface area contributed by atoms with Crippen LogP contribution in [0.4, 0.5) is 0 Å². The maximum absolute atomic E-state index is 13.5. The van der Waals surface area contributed by atoms with Crippen molar-refractivity contribution in [3.8, 4) is 0 Å². The number of hydrogen-bond donors (Lipinski definition) is 1. The Morgan fingerprint density at radius 2 is 1.63 bits per heavy atom. The Morgan fingerprint density at radius 1 is 0.967 bits per heavy atom. The largest absolute Gasteiger partial charge is 0.354 e. The van der Waals surface area contributed by atoms with Crippen molar-refractivity contribution in [3.63, 3.8) is 0 Å². The van der Waals surface area contributed by atoms with Gasteiger partial charge in [0, 0.05) is 13.1 Å². The van der Waals surface area contributed by atoms with Gasteiger partial charge in [0.1, 0.15) is 6.04 Å². The van der Waals surface area contributed by atoms with Crippen LogP contribution in [-0.4, -0.2) is 29.3 Å². The summed E-state index contributed by atoms with van der Waals surface area (Å²) in [4.78, 5) is 28.2. The monoisotopic (exact) mass is 408 g/mol. The average molecular weight is 409 g/mol. The predicted molar refractivity (Wildman–Crippen MR) is 123 cm³/mol. The molecule has 1 N–H and O–H groups in total. The number of nitrogens with zero attached hydrogens (tertiary/aromatic N) is 1. The number of rotatable bonds is 9. The van der Waals surface area contributed by atoms with Crippen molar-refractivity contribution >= 4 is 11.8 Å². The fourth-order valence-corrected chi connectivity index (χ4v) is 3.57. The predicted octanol–water partition coefficient (Wildman–Crippen LogP) is 4.73. The van der Waals surface area contributed by atoms with Crippen LogP contribution in [0.2, 0.25) is 0 Å². The quantitative estimate of drug-likeness (QED) is 0.652. The van der Waals surface area contributed by atoms with Gasteiger partial charge in [0.2, 0.25) is 11.8 Å². The first-order valence-electron chi connectivity index (χ1n) is 10.9. The van der Waals surface area contributed by atoms with Crippen LogP contribution < -0.4 is 5.32 Å². The Labute approximate surface area is 181 Å². The van der Waals surface area contributed by atoms with Gasteiger partial charge >= 0.3 is 0 Å². The van der Waals surface area contributed by atoms with Crippen LogP contribution in [0.1, 0.15) is 55.0 Å². The third-order valence-corrected chi connectivity index (χ3v) is 5.52. The molecule has 0 saturated heterocycles. The molecule has 0 aliphatic carbocycles. The van der Waals surface area contributed by atoms with Gasteiger partial charge in [0.25, 0.3) is 0 Å². The van der Waals surface area contributed by atoms with Crippen molar-refractivity contribution in [1.29, 1.82) is 0 Å². The molecule has 0 fully saturated rings. The number of carbonyl (C=O) groups is 2. The van der Waals surface area contributed by atoms with Crippen LogP contribution in [0.25, 0.3) is 0 Å². The number of aryl methyl sites for hydroxylation is 3. The highest BCUT2D eigenvalue weighted by molar-refractivity contribution is 5.88. The van der Waals surface area contributed by atoms with Gasteiger partial charge in [-0.05, 0) is 55.4 Å². The summed E-state index contributed by atoms with van der Waals surface area (Å²) < 4.78 is 0. The minimum Gasteiger partial charge on any atom is -0.354 e. The molecule has 0 saturated carbocycles. The molecule has 2 rings (SSSR count). The van der Waals surface area contributed by atoms with E-state index in [1.807, 2.05) is 52.0 Å². The molecule has 2 aromatic rings. The Bertz CT molecular complexity index is 873. The van der Waals surface area contributed by atoms with Crippen molar-refractivity contribution in [2.75, 3.05) is 6.54 Å². The lowest BCUT2D eigenvalue weighted by Crippen LogP contribution is -2.50.